The van der Waals surface area contributed by atoms with Crippen molar-refractivity contribution in [3.8, 4) is 0 Å². The fraction of sp³-hybridized carbons (Fsp3) is 0.960. The number of nitrogens with one attached hydrogen (secondary N) is 1. The first-order valence-corrected chi connectivity index (χ1v) is 14.8. The second-order valence-electron chi connectivity index (χ2n) is 10.2. The van der Waals surface area contributed by atoms with Crippen molar-refractivity contribution in [2.45, 2.75) is 103 Å². The summed E-state index contributed by atoms with van der Waals surface area (Å²) in [4.78, 5) is 23.9. The molecule has 0 aliphatic rings. The normalized spacial score (nSPS) is 14.2. The van der Waals surface area contributed by atoms with Gasteiger partial charge in [0.2, 0.25) is 5.91 Å². The number of carbonyl (C=O) groups is 1. The molecule has 2 atom stereocenters. The van der Waals surface area contributed by atoms with Gasteiger partial charge in [-0.2, -0.15) is 0 Å². The summed E-state index contributed by atoms with van der Waals surface area (Å²) in [5.41, 5.74) is 0. The van der Waals surface area contributed by atoms with Gasteiger partial charge in [-0.25, -0.2) is 0 Å². The molecule has 0 radical (unpaired) electrons. The van der Waals surface area contributed by atoms with Crippen LogP contribution in [-0.2, 0) is 23.1 Å². The predicted octanol–water partition coefficient (Wildman–Crippen LogP) is 3.98. The molecule has 2 unspecified atom stereocenters. The highest BCUT2D eigenvalue weighted by Gasteiger charge is 2.17. The lowest BCUT2D eigenvalue weighted by Crippen LogP contribution is -2.38. The van der Waals surface area contributed by atoms with Gasteiger partial charge in [-0.1, -0.05) is 84.0 Å². The molecule has 10 heteroatoms. The van der Waals surface area contributed by atoms with Crippen LogP contribution in [0.5, 0.6) is 0 Å². The Balaban J connectivity index is 0. The molecule has 212 valence electrons. The Bertz CT molecular complexity index is 544. The first kappa shape index (κ1) is 36.6. The minimum Gasteiger partial charge on any atom is -0.756 e. The van der Waals surface area contributed by atoms with E-state index in [1.165, 1.54) is 77.7 Å². The van der Waals surface area contributed by atoms with Crippen molar-refractivity contribution < 1.29 is 38.0 Å². The molecule has 0 saturated heterocycles. The zero-order chi connectivity index (χ0) is 25.7. The van der Waals surface area contributed by atoms with Crippen molar-refractivity contribution in [1.29, 1.82) is 0 Å². The van der Waals surface area contributed by atoms with Crippen LogP contribution in [0.4, 0.5) is 0 Å². The van der Waals surface area contributed by atoms with Crippen LogP contribution in [-0.4, -0.2) is 76.5 Å². The van der Waals surface area contributed by atoms with Crippen LogP contribution in [0.15, 0.2) is 0 Å². The number of hydrogen-bond acceptors (Lipinski definition) is 6. The van der Waals surface area contributed by atoms with E-state index >= 15 is 0 Å². The third-order valence-corrected chi connectivity index (χ3v) is 6.76. The average Bonchev–Trinajstić information content (AvgIpc) is 2.76. The lowest BCUT2D eigenvalue weighted by Gasteiger charge is -2.28. The standard InChI is InChI=1S/C25H53N2O6P.H2O/c1-6-7-8-9-10-11-12-13-14-15-16-17-18-19-25(28)26-22-24(31-5)23-33-34(29,30)32-21-20-27(2,3)4;/h24H,6-23H2,1-5H3,(H-,26,28,29,30);1H2. The van der Waals surface area contributed by atoms with Crippen LogP contribution in [0.25, 0.3) is 0 Å². The Kier molecular flexibility index (Phi) is 23.7. The molecule has 0 aromatic heterocycles. The summed E-state index contributed by atoms with van der Waals surface area (Å²) in [6.07, 6.45) is 16.4. The van der Waals surface area contributed by atoms with E-state index < -0.39 is 13.9 Å². The van der Waals surface area contributed by atoms with Crippen molar-refractivity contribution in [1.82, 2.24) is 5.32 Å². The van der Waals surface area contributed by atoms with Crippen LogP contribution in [0.2, 0.25) is 0 Å². The van der Waals surface area contributed by atoms with Gasteiger partial charge in [-0.05, 0) is 6.42 Å². The maximum Gasteiger partial charge on any atom is 0.268 e. The average molecular weight is 527 g/mol. The minimum absolute atomic E-state index is 0. The second-order valence-corrected chi connectivity index (χ2v) is 11.7. The number of rotatable bonds is 24. The molecule has 0 aromatic carbocycles. The molecule has 35 heavy (non-hydrogen) atoms. The van der Waals surface area contributed by atoms with Crippen LogP contribution >= 0.6 is 7.82 Å². The molecule has 0 saturated carbocycles. The van der Waals surface area contributed by atoms with Crippen molar-refractivity contribution in [2.75, 3.05) is 54.6 Å². The molecular formula is C25H55N2O7P. The molecule has 0 bridgehead atoms. The fourth-order valence-corrected chi connectivity index (χ4v) is 4.20. The summed E-state index contributed by atoms with van der Waals surface area (Å²) in [6, 6.07) is 0. The number of carbonyl (C=O) groups excluding carboxylic acids is 1. The largest absolute Gasteiger partial charge is 0.756 e. The summed E-state index contributed by atoms with van der Waals surface area (Å²) < 4.78 is 27.4. The Morgan fingerprint density at radius 3 is 1.83 bits per heavy atom. The van der Waals surface area contributed by atoms with E-state index in [0.717, 1.165) is 12.8 Å². The van der Waals surface area contributed by atoms with Crippen molar-refractivity contribution >= 4 is 13.7 Å². The van der Waals surface area contributed by atoms with Crippen LogP contribution in [0.1, 0.15) is 96.8 Å². The fourth-order valence-electron chi connectivity index (χ4n) is 3.47. The van der Waals surface area contributed by atoms with Gasteiger partial charge in [-0.3, -0.25) is 9.36 Å². The van der Waals surface area contributed by atoms with Gasteiger partial charge in [0.05, 0.1) is 33.9 Å². The molecular weight excluding hydrogens is 471 g/mol. The number of phosphoric acid groups is 1. The molecule has 0 heterocycles. The summed E-state index contributed by atoms with van der Waals surface area (Å²) in [7, 11) is 2.91. The number of quaternary nitrogens is 1. The predicted molar refractivity (Wildman–Crippen MR) is 140 cm³/mol. The van der Waals surface area contributed by atoms with E-state index in [1.54, 1.807) is 0 Å². The summed E-state index contributed by atoms with van der Waals surface area (Å²) in [5, 5.41) is 2.80. The maximum absolute atomic E-state index is 12.1. The topological polar surface area (TPSA) is 128 Å². The monoisotopic (exact) mass is 526 g/mol. The molecule has 0 aliphatic carbocycles. The number of nitrogens with zero attached hydrogens (tertiary/aromatic N) is 1. The van der Waals surface area contributed by atoms with Crippen molar-refractivity contribution in [3.05, 3.63) is 0 Å². The minimum atomic E-state index is -4.39. The van der Waals surface area contributed by atoms with E-state index in [1.807, 2.05) is 21.1 Å². The Labute approximate surface area is 214 Å². The van der Waals surface area contributed by atoms with E-state index in [4.69, 9.17) is 13.8 Å². The molecule has 3 N–H and O–H groups in total. The smallest absolute Gasteiger partial charge is 0.268 e. The van der Waals surface area contributed by atoms with Crippen LogP contribution in [0, 0.1) is 0 Å². The van der Waals surface area contributed by atoms with E-state index in [-0.39, 0.29) is 31.1 Å². The summed E-state index contributed by atoms with van der Waals surface area (Å²) in [6.45, 7) is 2.85. The molecule has 0 aromatic rings. The molecule has 1 amide bonds. The highest BCUT2D eigenvalue weighted by Crippen LogP contribution is 2.38. The Hall–Kier alpha value is -0.540. The highest BCUT2D eigenvalue weighted by atomic mass is 31.2. The van der Waals surface area contributed by atoms with Gasteiger partial charge in [-0.15, -0.1) is 0 Å². The van der Waals surface area contributed by atoms with E-state index in [0.29, 0.717) is 17.4 Å². The number of unbranched alkanes of at least 4 members (excludes halogenated alkanes) is 12. The number of methoxy groups -OCH3 is 1. The van der Waals surface area contributed by atoms with E-state index in [9.17, 15) is 14.3 Å². The number of hydrogen-bond donors (Lipinski definition) is 1. The van der Waals surface area contributed by atoms with E-state index in [2.05, 4.69) is 12.2 Å². The number of likely N-dealkylation sites (N-methyl/N-ethyl adjacent to an activating group) is 1. The third kappa shape index (κ3) is 26.3. The van der Waals surface area contributed by atoms with Gasteiger partial charge in [0.1, 0.15) is 13.2 Å². The third-order valence-electron chi connectivity index (χ3n) is 5.80. The molecule has 0 aliphatic heterocycles. The quantitative estimate of drug-likeness (QED) is 0.115. The van der Waals surface area contributed by atoms with Crippen molar-refractivity contribution in [2.24, 2.45) is 0 Å². The second kappa shape index (κ2) is 22.6. The van der Waals surface area contributed by atoms with Crippen LogP contribution in [0.3, 0.4) is 0 Å². The Morgan fingerprint density at radius 1 is 0.886 bits per heavy atom. The molecule has 0 spiro atoms. The van der Waals surface area contributed by atoms with Gasteiger partial charge < -0.3 is 34.0 Å². The highest BCUT2D eigenvalue weighted by molar-refractivity contribution is 7.45. The summed E-state index contributed by atoms with van der Waals surface area (Å²) >= 11 is 0. The van der Waals surface area contributed by atoms with Gasteiger partial charge >= 0.3 is 0 Å². The lowest BCUT2D eigenvalue weighted by atomic mass is 10.0. The zero-order valence-electron chi connectivity index (χ0n) is 23.1. The zero-order valence-corrected chi connectivity index (χ0v) is 24.0. The number of amides is 1. The molecule has 9 nitrogen and oxygen atoms in total. The summed E-state index contributed by atoms with van der Waals surface area (Å²) in [5.74, 6) is -0.0466. The van der Waals surface area contributed by atoms with Gasteiger partial charge in [0.15, 0.2) is 0 Å². The first-order valence-electron chi connectivity index (χ1n) is 13.3. The maximum atomic E-state index is 12.1. The van der Waals surface area contributed by atoms with Crippen molar-refractivity contribution in [3.63, 3.8) is 0 Å². The van der Waals surface area contributed by atoms with Gasteiger partial charge in [0, 0.05) is 20.1 Å². The first-order chi connectivity index (χ1) is 16.1. The van der Waals surface area contributed by atoms with Crippen LogP contribution < -0.4 is 10.2 Å². The SMILES string of the molecule is CCCCCCCCCCCCCCCC(=O)NCC(COP(=O)([O-])OCC[N+](C)(C)C)OC.O. The lowest BCUT2D eigenvalue weighted by molar-refractivity contribution is -0.870. The Morgan fingerprint density at radius 2 is 1.37 bits per heavy atom. The molecule has 0 fully saturated rings. The number of ether oxygens (including phenoxy) is 1. The number of phosphoric ester groups is 1. The molecule has 0 rings (SSSR count). The van der Waals surface area contributed by atoms with Gasteiger partial charge in [0.25, 0.3) is 7.82 Å².